The molecule has 7 heteroatoms. The van der Waals surface area contributed by atoms with E-state index in [1.165, 1.54) is 11.3 Å². The van der Waals surface area contributed by atoms with Crippen molar-refractivity contribution in [1.82, 2.24) is 9.97 Å². The van der Waals surface area contributed by atoms with E-state index in [1.54, 1.807) is 24.4 Å². The van der Waals surface area contributed by atoms with Crippen molar-refractivity contribution in [2.75, 3.05) is 10.6 Å². The third kappa shape index (κ3) is 2.94. The highest BCUT2D eigenvalue weighted by molar-refractivity contribution is 9.10. The zero-order chi connectivity index (χ0) is 13.9. The van der Waals surface area contributed by atoms with Crippen LogP contribution < -0.4 is 10.6 Å². The fourth-order valence-corrected chi connectivity index (χ4v) is 2.83. The zero-order valence-corrected chi connectivity index (χ0v) is 12.5. The Bertz CT molecular complexity index is 759. The Kier molecular flexibility index (Phi) is 3.62. The van der Waals surface area contributed by atoms with Crippen molar-refractivity contribution in [1.29, 1.82) is 0 Å². The van der Waals surface area contributed by atoms with Gasteiger partial charge in [0.05, 0.1) is 10.2 Å². The average molecular weight is 349 g/mol. The highest BCUT2D eigenvalue weighted by Gasteiger charge is 2.08. The number of nitrogens with zero attached hydrogens (tertiary/aromatic N) is 2. The largest absolute Gasteiger partial charge is 0.326 e. The Morgan fingerprint density at radius 1 is 1.20 bits per heavy atom. The summed E-state index contributed by atoms with van der Waals surface area (Å²) >= 11 is 4.81. The fourth-order valence-electron chi connectivity index (χ4n) is 1.64. The van der Waals surface area contributed by atoms with Crippen LogP contribution in [0, 0.1) is 0 Å². The normalized spacial score (nSPS) is 10.4. The molecule has 0 atom stereocenters. The van der Waals surface area contributed by atoms with Gasteiger partial charge in [0.1, 0.15) is 5.82 Å². The molecular weight excluding hydrogens is 340 g/mol. The van der Waals surface area contributed by atoms with Crippen LogP contribution >= 0.6 is 27.3 Å². The minimum atomic E-state index is -0.359. The summed E-state index contributed by atoms with van der Waals surface area (Å²) in [4.78, 5) is 20.2. The molecule has 0 saturated carbocycles. The minimum Gasteiger partial charge on any atom is -0.292 e. The van der Waals surface area contributed by atoms with Crippen LogP contribution in [0.25, 0.3) is 10.2 Å². The van der Waals surface area contributed by atoms with E-state index in [0.29, 0.717) is 10.9 Å². The molecule has 1 aromatic carbocycles. The van der Waals surface area contributed by atoms with Gasteiger partial charge in [0.25, 0.3) is 0 Å². The Morgan fingerprint density at radius 3 is 2.90 bits per heavy atom. The van der Waals surface area contributed by atoms with Crippen molar-refractivity contribution in [3.05, 3.63) is 47.1 Å². The van der Waals surface area contributed by atoms with Gasteiger partial charge in [-0.25, -0.2) is 14.8 Å². The topological polar surface area (TPSA) is 66.9 Å². The summed E-state index contributed by atoms with van der Waals surface area (Å²) in [6.07, 6.45) is 1.62. The van der Waals surface area contributed by atoms with Gasteiger partial charge in [-0.2, -0.15) is 0 Å². The van der Waals surface area contributed by atoms with E-state index in [2.05, 4.69) is 36.5 Å². The van der Waals surface area contributed by atoms with Gasteiger partial charge >= 0.3 is 6.03 Å². The average Bonchev–Trinajstić information content (AvgIpc) is 2.80. The van der Waals surface area contributed by atoms with Crippen LogP contribution in [0.2, 0.25) is 0 Å². The predicted molar refractivity (Wildman–Crippen MR) is 84.2 cm³/mol. The second kappa shape index (κ2) is 5.56. The van der Waals surface area contributed by atoms with Crippen LogP contribution in [0.4, 0.5) is 15.7 Å². The molecule has 0 radical (unpaired) electrons. The lowest BCUT2D eigenvalue weighted by molar-refractivity contribution is 0.262. The highest BCUT2D eigenvalue weighted by Crippen LogP contribution is 2.28. The molecule has 0 aliphatic rings. The summed E-state index contributed by atoms with van der Waals surface area (Å²) in [5.74, 6) is 0.494. The smallest absolute Gasteiger partial charge is 0.292 e. The molecule has 2 amide bonds. The van der Waals surface area contributed by atoms with Crippen molar-refractivity contribution in [3.8, 4) is 0 Å². The number of hydrogen-bond donors (Lipinski definition) is 2. The number of nitrogens with one attached hydrogen (secondary N) is 2. The maximum atomic E-state index is 11.8. The van der Waals surface area contributed by atoms with Crippen molar-refractivity contribution in [2.45, 2.75) is 0 Å². The van der Waals surface area contributed by atoms with Crippen LogP contribution in [0.1, 0.15) is 0 Å². The molecule has 0 unspecified atom stereocenters. The number of halogens is 1. The Labute approximate surface area is 127 Å². The van der Waals surface area contributed by atoms with Crippen molar-refractivity contribution in [2.24, 2.45) is 0 Å². The van der Waals surface area contributed by atoms with Gasteiger partial charge in [-0.3, -0.25) is 10.6 Å². The van der Waals surface area contributed by atoms with Crippen molar-refractivity contribution >= 4 is 54.5 Å². The first-order valence-corrected chi connectivity index (χ1v) is 7.37. The number of amides is 2. The van der Waals surface area contributed by atoms with E-state index in [9.17, 15) is 4.79 Å². The van der Waals surface area contributed by atoms with Crippen molar-refractivity contribution < 1.29 is 4.79 Å². The molecule has 0 fully saturated rings. The second-order valence-electron chi connectivity index (χ2n) is 3.93. The zero-order valence-electron chi connectivity index (χ0n) is 10.1. The number of urea groups is 1. The van der Waals surface area contributed by atoms with Crippen LogP contribution in [0.3, 0.4) is 0 Å². The number of carbonyl (C=O) groups excluding carboxylic acids is 1. The van der Waals surface area contributed by atoms with Crippen LogP contribution in [-0.4, -0.2) is 16.0 Å². The molecule has 2 N–H and O–H groups in total. The predicted octanol–water partition coefficient (Wildman–Crippen LogP) is 4.10. The minimum absolute atomic E-state index is 0.359. The summed E-state index contributed by atoms with van der Waals surface area (Å²) in [5, 5.41) is 5.89. The molecule has 20 heavy (non-hydrogen) atoms. The quantitative estimate of drug-likeness (QED) is 0.732. The van der Waals surface area contributed by atoms with E-state index in [0.717, 1.165) is 14.7 Å². The van der Waals surface area contributed by atoms with Gasteiger partial charge in [0.15, 0.2) is 5.13 Å². The summed E-state index contributed by atoms with van der Waals surface area (Å²) in [6, 6.07) is 10.8. The van der Waals surface area contributed by atoms with Crippen LogP contribution in [0.5, 0.6) is 0 Å². The molecule has 2 aromatic heterocycles. The van der Waals surface area contributed by atoms with Gasteiger partial charge in [-0.1, -0.05) is 33.3 Å². The standard InChI is InChI=1S/C13H9BrN4OS/c14-8-4-5-10-9(7-8)16-13(20-10)18-12(19)17-11-3-1-2-6-15-11/h1-7H,(H2,15,16,17,18,19). The first kappa shape index (κ1) is 13.0. The van der Waals surface area contributed by atoms with E-state index in [4.69, 9.17) is 0 Å². The van der Waals surface area contributed by atoms with Gasteiger partial charge in [0, 0.05) is 10.7 Å². The molecule has 0 bridgehead atoms. The first-order valence-electron chi connectivity index (χ1n) is 5.76. The summed E-state index contributed by atoms with van der Waals surface area (Å²) in [6.45, 7) is 0. The van der Waals surface area contributed by atoms with Gasteiger partial charge in [-0.05, 0) is 30.3 Å². The first-order chi connectivity index (χ1) is 9.70. The third-order valence-corrected chi connectivity index (χ3v) is 3.92. The molecule has 0 aliphatic carbocycles. The van der Waals surface area contributed by atoms with Gasteiger partial charge < -0.3 is 0 Å². The lowest BCUT2D eigenvalue weighted by Gasteiger charge is -2.03. The molecule has 2 heterocycles. The van der Waals surface area contributed by atoms with E-state index < -0.39 is 0 Å². The summed E-state index contributed by atoms with van der Waals surface area (Å²) < 4.78 is 1.97. The number of carbonyl (C=O) groups is 1. The maximum absolute atomic E-state index is 11.8. The number of hydrogen-bond acceptors (Lipinski definition) is 4. The maximum Gasteiger partial charge on any atom is 0.326 e. The number of benzene rings is 1. The monoisotopic (exact) mass is 348 g/mol. The Hall–Kier alpha value is -1.99. The molecule has 100 valence electrons. The molecular formula is C13H9BrN4OS. The molecule has 0 saturated heterocycles. The molecule has 0 spiro atoms. The molecule has 0 aliphatic heterocycles. The fraction of sp³-hybridized carbons (Fsp3) is 0. The highest BCUT2D eigenvalue weighted by atomic mass is 79.9. The van der Waals surface area contributed by atoms with Gasteiger partial charge in [0.2, 0.25) is 0 Å². The number of aromatic nitrogens is 2. The molecule has 5 nitrogen and oxygen atoms in total. The van der Waals surface area contributed by atoms with E-state index >= 15 is 0 Å². The number of thiazole rings is 1. The second-order valence-corrected chi connectivity index (χ2v) is 5.87. The van der Waals surface area contributed by atoms with Crippen LogP contribution in [0.15, 0.2) is 47.1 Å². The number of fused-ring (bicyclic) bond motifs is 1. The summed E-state index contributed by atoms with van der Waals surface area (Å²) in [5.41, 5.74) is 0.845. The van der Waals surface area contributed by atoms with E-state index in [1.807, 2.05) is 18.2 Å². The lowest BCUT2D eigenvalue weighted by Crippen LogP contribution is -2.19. The third-order valence-electron chi connectivity index (χ3n) is 2.48. The van der Waals surface area contributed by atoms with Crippen molar-refractivity contribution in [3.63, 3.8) is 0 Å². The lowest BCUT2D eigenvalue weighted by atomic mass is 10.3. The Morgan fingerprint density at radius 2 is 2.10 bits per heavy atom. The Balaban J connectivity index is 1.74. The van der Waals surface area contributed by atoms with Crippen LogP contribution in [-0.2, 0) is 0 Å². The SMILES string of the molecule is O=C(Nc1ccccn1)Nc1nc2cc(Br)ccc2s1. The van der Waals surface area contributed by atoms with E-state index in [-0.39, 0.29) is 6.03 Å². The number of anilines is 2. The molecule has 3 rings (SSSR count). The van der Waals surface area contributed by atoms with Gasteiger partial charge in [-0.15, -0.1) is 0 Å². The number of rotatable bonds is 2. The molecule has 3 aromatic rings. The summed E-state index contributed by atoms with van der Waals surface area (Å²) in [7, 11) is 0. The number of pyridine rings is 1.